The van der Waals surface area contributed by atoms with Gasteiger partial charge in [-0.15, -0.1) is 0 Å². The van der Waals surface area contributed by atoms with E-state index in [2.05, 4.69) is 31.1 Å². The van der Waals surface area contributed by atoms with Crippen molar-refractivity contribution in [3.8, 4) is 0 Å². The third kappa shape index (κ3) is 4.73. The minimum Gasteiger partial charge on any atom is -0.384 e. The van der Waals surface area contributed by atoms with E-state index in [1.807, 2.05) is 13.8 Å². The Morgan fingerprint density at radius 1 is 1.28 bits per heavy atom. The number of hydrogen-bond acceptors (Lipinski definition) is 3. The van der Waals surface area contributed by atoms with Crippen LogP contribution in [0.3, 0.4) is 0 Å². The Labute approximate surface area is 109 Å². The molecule has 4 nitrogen and oxygen atoms in total. The van der Waals surface area contributed by atoms with Gasteiger partial charge in [0.2, 0.25) is 0 Å². The molecule has 1 aromatic heterocycles. The normalized spacial score (nSPS) is 12.3. The highest BCUT2D eigenvalue weighted by Crippen LogP contribution is 2.26. The lowest BCUT2D eigenvalue weighted by Crippen LogP contribution is -2.46. The Kier molecular flexibility index (Phi) is 3.99. The number of nitrogens with one attached hydrogen (secondary N) is 1. The SMILES string of the molecule is CC(C)(C)CC(C)(C)NC(=O)c1cccc(N)n1. The van der Waals surface area contributed by atoms with Crippen molar-refractivity contribution in [1.29, 1.82) is 0 Å². The lowest BCUT2D eigenvalue weighted by Gasteiger charge is -2.33. The number of aromatic nitrogens is 1. The molecule has 0 spiro atoms. The van der Waals surface area contributed by atoms with Crippen molar-refractivity contribution in [3.05, 3.63) is 23.9 Å². The van der Waals surface area contributed by atoms with Crippen LogP contribution in [0.5, 0.6) is 0 Å². The maximum absolute atomic E-state index is 12.1. The molecule has 1 aromatic rings. The molecule has 100 valence electrons. The van der Waals surface area contributed by atoms with E-state index in [0.717, 1.165) is 6.42 Å². The summed E-state index contributed by atoms with van der Waals surface area (Å²) in [6, 6.07) is 5.06. The maximum atomic E-state index is 12.1. The van der Waals surface area contributed by atoms with Crippen molar-refractivity contribution >= 4 is 11.7 Å². The Morgan fingerprint density at radius 3 is 2.39 bits per heavy atom. The molecule has 0 bridgehead atoms. The summed E-state index contributed by atoms with van der Waals surface area (Å²) in [5.74, 6) is 0.174. The van der Waals surface area contributed by atoms with Gasteiger partial charge in [-0.05, 0) is 37.8 Å². The van der Waals surface area contributed by atoms with Crippen LogP contribution in [0, 0.1) is 5.41 Å². The molecule has 0 aliphatic heterocycles. The lowest BCUT2D eigenvalue weighted by molar-refractivity contribution is 0.0886. The van der Waals surface area contributed by atoms with Gasteiger partial charge in [-0.3, -0.25) is 4.79 Å². The van der Waals surface area contributed by atoms with Gasteiger partial charge in [-0.25, -0.2) is 4.98 Å². The fourth-order valence-corrected chi connectivity index (χ4v) is 2.32. The molecule has 0 fully saturated rings. The Morgan fingerprint density at radius 2 is 1.89 bits per heavy atom. The number of hydrogen-bond donors (Lipinski definition) is 2. The molecular formula is C14H23N3O. The van der Waals surface area contributed by atoms with Crippen LogP contribution in [0.1, 0.15) is 51.5 Å². The van der Waals surface area contributed by atoms with Crippen LogP contribution >= 0.6 is 0 Å². The van der Waals surface area contributed by atoms with Crippen molar-refractivity contribution in [1.82, 2.24) is 10.3 Å². The van der Waals surface area contributed by atoms with Gasteiger partial charge >= 0.3 is 0 Å². The summed E-state index contributed by atoms with van der Waals surface area (Å²) in [5.41, 5.74) is 5.81. The molecule has 1 heterocycles. The topological polar surface area (TPSA) is 68.0 Å². The largest absolute Gasteiger partial charge is 0.384 e. The van der Waals surface area contributed by atoms with Crippen LogP contribution in [0.15, 0.2) is 18.2 Å². The quantitative estimate of drug-likeness (QED) is 0.865. The highest BCUT2D eigenvalue weighted by Gasteiger charge is 2.27. The van der Waals surface area contributed by atoms with Crippen LogP contribution in [-0.2, 0) is 0 Å². The van der Waals surface area contributed by atoms with Gasteiger partial charge in [-0.2, -0.15) is 0 Å². The Bertz CT molecular complexity index is 433. The number of carbonyl (C=O) groups is 1. The van der Waals surface area contributed by atoms with E-state index < -0.39 is 0 Å². The molecule has 1 amide bonds. The van der Waals surface area contributed by atoms with Gasteiger partial charge in [0.15, 0.2) is 0 Å². The van der Waals surface area contributed by atoms with E-state index in [1.165, 1.54) is 0 Å². The number of anilines is 1. The highest BCUT2D eigenvalue weighted by atomic mass is 16.2. The molecule has 0 saturated carbocycles. The van der Waals surface area contributed by atoms with E-state index in [9.17, 15) is 4.79 Å². The van der Waals surface area contributed by atoms with E-state index >= 15 is 0 Å². The summed E-state index contributed by atoms with van der Waals surface area (Å²) < 4.78 is 0. The summed E-state index contributed by atoms with van der Waals surface area (Å²) in [7, 11) is 0. The van der Waals surface area contributed by atoms with E-state index in [-0.39, 0.29) is 16.9 Å². The van der Waals surface area contributed by atoms with Crippen LogP contribution in [0.2, 0.25) is 0 Å². The molecule has 0 radical (unpaired) electrons. The minimum atomic E-state index is -0.276. The number of rotatable bonds is 3. The van der Waals surface area contributed by atoms with Crippen LogP contribution < -0.4 is 11.1 Å². The van der Waals surface area contributed by atoms with Gasteiger partial charge in [0.1, 0.15) is 11.5 Å². The van der Waals surface area contributed by atoms with Crippen LogP contribution in [0.4, 0.5) is 5.82 Å². The van der Waals surface area contributed by atoms with Gasteiger partial charge in [-0.1, -0.05) is 26.8 Å². The molecule has 0 atom stereocenters. The van der Waals surface area contributed by atoms with E-state index in [4.69, 9.17) is 5.73 Å². The second-order valence-electron chi connectivity index (χ2n) is 6.52. The zero-order chi connectivity index (χ0) is 14.0. The lowest BCUT2D eigenvalue weighted by atomic mass is 9.82. The first kappa shape index (κ1) is 14.5. The first-order chi connectivity index (χ1) is 8.09. The average Bonchev–Trinajstić information content (AvgIpc) is 2.12. The molecule has 18 heavy (non-hydrogen) atoms. The number of pyridine rings is 1. The fourth-order valence-electron chi connectivity index (χ4n) is 2.32. The monoisotopic (exact) mass is 249 g/mol. The Hall–Kier alpha value is -1.58. The van der Waals surface area contributed by atoms with Gasteiger partial charge in [0.05, 0.1) is 0 Å². The van der Waals surface area contributed by atoms with E-state index in [1.54, 1.807) is 18.2 Å². The summed E-state index contributed by atoms with van der Waals surface area (Å²) in [6.07, 6.45) is 0.883. The van der Waals surface area contributed by atoms with Gasteiger partial charge < -0.3 is 11.1 Å². The number of nitrogen functional groups attached to an aromatic ring is 1. The van der Waals surface area contributed by atoms with Crippen molar-refractivity contribution in [2.75, 3.05) is 5.73 Å². The zero-order valence-corrected chi connectivity index (χ0v) is 11.9. The molecule has 0 aliphatic carbocycles. The molecule has 3 N–H and O–H groups in total. The minimum absolute atomic E-state index is 0.153. The molecule has 1 rings (SSSR count). The van der Waals surface area contributed by atoms with E-state index in [0.29, 0.717) is 11.5 Å². The molecule has 0 unspecified atom stereocenters. The second-order valence-corrected chi connectivity index (χ2v) is 6.52. The third-order valence-corrected chi connectivity index (χ3v) is 2.43. The smallest absolute Gasteiger partial charge is 0.270 e. The summed E-state index contributed by atoms with van der Waals surface area (Å²) in [6.45, 7) is 10.5. The maximum Gasteiger partial charge on any atom is 0.270 e. The summed E-state index contributed by atoms with van der Waals surface area (Å²) in [4.78, 5) is 16.1. The van der Waals surface area contributed by atoms with Gasteiger partial charge in [0, 0.05) is 5.54 Å². The predicted molar refractivity (Wildman–Crippen MR) is 74.3 cm³/mol. The van der Waals surface area contributed by atoms with Crippen LogP contribution in [0.25, 0.3) is 0 Å². The zero-order valence-electron chi connectivity index (χ0n) is 11.9. The number of carbonyl (C=O) groups excluding carboxylic acids is 1. The second kappa shape index (κ2) is 4.96. The van der Waals surface area contributed by atoms with Crippen molar-refractivity contribution in [2.45, 2.75) is 46.6 Å². The average molecular weight is 249 g/mol. The van der Waals surface area contributed by atoms with Crippen molar-refractivity contribution in [3.63, 3.8) is 0 Å². The number of nitrogens with two attached hydrogens (primary N) is 1. The summed E-state index contributed by atoms with van der Waals surface area (Å²) in [5, 5.41) is 3.00. The molecule has 4 heteroatoms. The Balaban J connectivity index is 2.75. The highest BCUT2D eigenvalue weighted by molar-refractivity contribution is 5.93. The standard InChI is InChI=1S/C14H23N3O/c1-13(2,3)9-14(4,5)17-12(18)10-7-6-8-11(15)16-10/h6-8H,9H2,1-5H3,(H2,15,16)(H,17,18). The van der Waals surface area contributed by atoms with Crippen molar-refractivity contribution in [2.24, 2.45) is 5.41 Å². The first-order valence-electron chi connectivity index (χ1n) is 6.14. The fraction of sp³-hybridized carbons (Fsp3) is 0.571. The third-order valence-electron chi connectivity index (χ3n) is 2.43. The van der Waals surface area contributed by atoms with Gasteiger partial charge in [0.25, 0.3) is 5.91 Å². The first-order valence-corrected chi connectivity index (χ1v) is 6.14. The summed E-state index contributed by atoms with van der Waals surface area (Å²) >= 11 is 0. The predicted octanol–water partition coefficient (Wildman–Crippen LogP) is 2.61. The van der Waals surface area contributed by atoms with Crippen LogP contribution in [-0.4, -0.2) is 16.4 Å². The molecule has 0 aliphatic rings. The number of nitrogens with zero attached hydrogens (tertiary/aromatic N) is 1. The van der Waals surface area contributed by atoms with Crippen molar-refractivity contribution < 1.29 is 4.79 Å². The molecular weight excluding hydrogens is 226 g/mol. The number of amides is 1. The molecule has 0 saturated heterocycles. The molecule has 0 aromatic carbocycles.